The van der Waals surface area contributed by atoms with Crippen molar-refractivity contribution >= 4 is 44.6 Å². The minimum absolute atomic E-state index is 0.339. The van der Waals surface area contributed by atoms with Gasteiger partial charge in [-0.3, -0.25) is 9.10 Å². The zero-order valence-electron chi connectivity index (χ0n) is 14.2. The van der Waals surface area contributed by atoms with E-state index in [1.54, 1.807) is 30.3 Å². The summed E-state index contributed by atoms with van der Waals surface area (Å²) < 4.78 is 25.2. The number of hydrogen-bond donors (Lipinski definition) is 1. The minimum atomic E-state index is -3.65. The summed E-state index contributed by atoms with van der Waals surface area (Å²) in [6.45, 7) is -0.346. The van der Waals surface area contributed by atoms with Crippen LogP contribution in [0.15, 0.2) is 48.5 Å². The third-order valence-corrected chi connectivity index (χ3v) is 4.82. The predicted molar refractivity (Wildman–Crippen MR) is 103 cm³/mol. The molecule has 0 fully saturated rings. The van der Waals surface area contributed by atoms with Crippen LogP contribution in [-0.2, 0) is 14.8 Å². The average Bonchev–Trinajstić information content (AvgIpc) is 2.52. The molecule has 6 nitrogen and oxygen atoms in total. The number of amides is 1. The zero-order valence-corrected chi connectivity index (χ0v) is 15.8. The summed E-state index contributed by atoms with van der Waals surface area (Å²) in [5.41, 5.74) is 1.77. The number of para-hydroxylation sites is 2. The first kappa shape index (κ1) is 19.1. The third kappa shape index (κ3) is 5.11. The van der Waals surface area contributed by atoms with Gasteiger partial charge in [-0.25, -0.2) is 8.42 Å². The van der Waals surface area contributed by atoms with Gasteiger partial charge in [-0.05, 0) is 30.3 Å². The molecule has 0 aliphatic rings. The number of sulfonamides is 1. The van der Waals surface area contributed by atoms with E-state index in [0.717, 1.165) is 16.2 Å². The fraction of sp³-hybridized carbons (Fsp3) is 0.235. The predicted octanol–water partition coefficient (Wildman–Crippen LogP) is 2.81. The van der Waals surface area contributed by atoms with Gasteiger partial charge in [-0.15, -0.1) is 0 Å². The number of benzene rings is 2. The van der Waals surface area contributed by atoms with E-state index in [0.29, 0.717) is 16.4 Å². The summed E-state index contributed by atoms with van der Waals surface area (Å²) >= 11 is 5.93. The van der Waals surface area contributed by atoms with Crippen molar-refractivity contribution in [2.75, 3.05) is 41.4 Å². The molecule has 0 unspecified atom stereocenters. The Morgan fingerprint density at radius 3 is 2.40 bits per heavy atom. The highest BCUT2D eigenvalue weighted by atomic mass is 35.5. The number of carbonyl (C=O) groups excluding carboxylic acids is 1. The second-order valence-electron chi connectivity index (χ2n) is 5.71. The third-order valence-electron chi connectivity index (χ3n) is 3.44. The molecule has 2 rings (SSSR count). The molecule has 25 heavy (non-hydrogen) atoms. The van der Waals surface area contributed by atoms with Crippen LogP contribution in [0.4, 0.5) is 17.1 Å². The van der Waals surface area contributed by atoms with Crippen molar-refractivity contribution in [2.45, 2.75) is 0 Å². The van der Waals surface area contributed by atoms with Crippen LogP contribution in [0.5, 0.6) is 0 Å². The molecule has 0 spiro atoms. The highest BCUT2D eigenvalue weighted by Crippen LogP contribution is 2.25. The SMILES string of the molecule is CN(C)c1ccccc1NC(=O)CN(c1cccc(Cl)c1)S(C)(=O)=O. The molecule has 2 aromatic carbocycles. The van der Waals surface area contributed by atoms with E-state index >= 15 is 0 Å². The minimum Gasteiger partial charge on any atom is -0.376 e. The van der Waals surface area contributed by atoms with E-state index in [9.17, 15) is 13.2 Å². The number of anilines is 3. The van der Waals surface area contributed by atoms with Crippen LogP contribution >= 0.6 is 11.6 Å². The molecule has 8 heteroatoms. The smallest absolute Gasteiger partial charge is 0.245 e. The molecule has 1 N–H and O–H groups in total. The van der Waals surface area contributed by atoms with Gasteiger partial charge in [0.05, 0.1) is 23.3 Å². The Morgan fingerprint density at radius 1 is 1.12 bits per heavy atom. The van der Waals surface area contributed by atoms with Gasteiger partial charge in [0.1, 0.15) is 6.54 Å². The Hall–Kier alpha value is -2.25. The average molecular weight is 382 g/mol. The van der Waals surface area contributed by atoms with Crippen molar-refractivity contribution in [2.24, 2.45) is 0 Å². The van der Waals surface area contributed by atoms with Gasteiger partial charge in [0.2, 0.25) is 15.9 Å². The Kier molecular flexibility index (Phi) is 5.92. The Bertz CT molecular complexity index is 869. The van der Waals surface area contributed by atoms with Crippen LogP contribution in [0.2, 0.25) is 5.02 Å². The summed E-state index contributed by atoms with van der Waals surface area (Å²) in [6, 6.07) is 13.7. The van der Waals surface area contributed by atoms with Gasteiger partial charge in [0.25, 0.3) is 0 Å². The Balaban J connectivity index is 2.24. The second kappa shape index (κ2) is 7.76. The maximum Gasteiger partial charge on any atom is 0.245 e. The van der Waals surface area contributed by atoms with E-state index < -0.39 is 15.9 Å². The monoisotopic (exact) mass is 381 g/mol. The van der Waals surface area contributed by atoms with Crippen LogP contribution in [0.3, 0.4) is 0 Å². The highest BCUT2D eigenvalue weighted by Gasteiger charge is 2.21. The largest absolute Gasteiger partial charge is 0.376 e. The highest BCUT2D eigenvalue weighted by molar-refractivity contribution is 7.92. The standard InChI is InChI=1S/C17H20ClN3O3S/c1-20(2)16-10-5-4-9-15(16)19-17(22)12-21(25(3,23)24)14-8-6-7-13(18)11-14/h4-11H,12H2,1-3H3,(H,19,22). The maximum absolute atomic E-state index is 12.4. The zero-order chi connectivity index (χ0) is 18.6. The quantitative estimate of drug-likeness (QED) is 0.835. The second-order valence-corrected chi connectivity index (χ2v) is 8.05. The molecule has 0 heterocycles. The van der Waals surface area contributed by atoms with Crippen LogP contribution in [-0.4, -0.2) is 41.2 Å². The lowest BCUT2D eigenvalue weighted by atomic mass is 10.2. The molecule has 134 valence electrons. The molecule has 0 saturated heterocycles. The van der Waals surface area contributed by atoms with Crippen LogP contribution in [0.25, 0.3) is 0 Å². The van der Waals surface area contributed by atoms with Crippen molar-refractivity contribution in [3.63, 3.8) is 0 Å². The summed E-state index contributed by atoms with van der Waals surface area (Å²) in [5.74, 6) is -0.445. The lowest BCUT2D eigenvalue weighted by molar-refractivity contribution is -0.114. The van der Waals surface area contributed by atoms with Crippen molar-refractivity contribution in [1.82, 2.24) is 0 Å². The summed E-state index contributed by atoms with van der Waals surface area (Å²) in [4.78, 5) is 14.3. The lowest BCUT2D eigenvalue weighted by Crippen LogP contribution is -2.37. The van der Waals surface area contributed by atoms with Gasteiger partial charge >= 0.3 is 0 Å². The van der Waals surface area contributed by atoms with Crippen molar-refractivity contribution < 1.29 is 13.2 Å². The molecule has 0 aliphatic carbocycles. The molecule has 0 atom stereocenters. The topological polar surface area (TPSA) is 69.7 Å². The molecular weight excluding hydrogens is 362 g/mol. The molecule has 2 aromatic rings. The van der Waals surface area contributed by atoms with Crippen molar-refractivity contribution in [1.29, 1.82) is 0 Å². The molecule has 0 saturated carbocycles. The Morgan fingerprint density at radius 2 is 1.80 bits per heavy atom. The van der Waals surface area contributed by atoms with Gasteiger partial charge in [-0.1, -0.05) is 29.8 Å². The fourth-order valence-electron chi connectivity index (χ4n) is 2.32. The van der Waals surface area contributed by atoms with Gasteiger partial charge < -0.3 is 10.2 Å². The number of nitrogens with one attached hydrogen (secondary N) is 1. The fourth-order valence-corrected chi connectivity index (χ4v) is 3.35. The van der Waals surface area contributed by atoms with Gasteiger partial charge in [0.15, 0.2) is 0 Å². The van der Waals surface area contributed by atoms with Gasteiger partial charge in [-0.2, -0.15) is 0 Å². The summed E-state index contributed by atoms with van der Waals surface area (Å²) in [7, 11) is 0.0767. The molecule has 1 amide bonds. The van der Waals surface area contributed by atoms with Crippen LogP contribution in [0, 0.1) is 0 Å². The number of carbonyl (C=O) groups is 1. The number of rotatable bonds is 6. The van der Waals surface area contributed by atoms with E-state index in [1.807, 2.05) is 31.1 Å². The molecular formula is C17H20ClN3O3S. The van der Waals surface area contributed by atoms with Gasteiger partial charge in [0, 0.05) is 19.1 Å². The molecule has 0 radical (unpaired) electrons. The first-order chi connectivity index (χ1) is 11.7. The summed E-state index contributed by atoms with van der Waals surface area (Å²) in [5, 5.41) is 3.15. The van der Waals surface area contributed by atoms with E-state index in [-0.39, 0.29) is 6.54 Å². The van der Waals surface area contributed by atoms with Crippen LogP contribution in [0.1, 0.15) is 0 Å². The normalized spacial score (nSPS) is 11.0. The molecule has 0 bridgehead atoms. The number of nitrogens with zero attached hydrogens (tertiary/aromatic N) is 2. The lowest BCUT2D eigenvalue weighted by Gasteiger charge is -2.23. The van der Waals surface area contributed by atoms with E-state index in [4.69, 9.17) is 11.6 Å². The Labute approximate surface area is 153 Å². The van der Waals surface area contributed by atoms with Crippen molar-refractivity contribution in [3.8, 4) is 0 Å². The molecule has 0 aliphatic heterocycles. The van der Waals surface area contributed by atoms with E-state index in [1.165, 1.54) is 6.07 Å². The van der Waals surface area contributed by atoms with Crippen molar-refractivity contribution in [3.05, 3.63) is 53.6 Å². The van der Waals surface area contributed by atoms with E-state index in [2.05, 4.69) is 5.32 Å². The first-order valence-electron chi connectivity index (χ1n) is 7.48. The molecule has 0 aromatic heterocycles. The number of halogens is 1. The maximum atomic E-state index is 12.4. The summed E-state index contributed by atoms with van der Waals surface area (Å²) in [6.07, 6.45) is 1.05. The first-order valence-corrected chi connectivity index (χ1v) is 9.70. The van der Waals surface area contributed by atoms with Crippen LogP contribution < -0.4 is 14.5 Å². The number of hydrogen-bond acceptors (Lipinski definition) is 4.